The van der Waals surface area contributed by atoms with E-state index in [1.807, 2.05) is 18.2 Å². The highest BCUT2D eigenvalue weighted by atomic mass is 16.5. The Morgan fingerprint density at radius 3 is 2.47 bits per heavy atom. The molecular formula is C11H19N3O. The van der Waals surface area contributed by atoms with E-state index in [0.29, 0.717) is 5.92 Å². The number of hydrogen-bond donors (Lipinski definition) is 3. The van der Waals surface area contributed by atoms with Gasteiger partial charge in [-0.3, -0.25) is 5.84 Å². The number of hydrazine groups is 1. The van der Waals surface area contributed by atoms with Gasteiger partial charge in [-0.2, -0.15) is 0 Å². The van der Waals surface area contributed by atoms with Gasteiger partial charge in [0.2, 0.25) is 0 Å². The van der Waals surface area contributed by atoms with Crippen LogP contribution in [0.25, 0.3) is 0 Å². The van der Waals surface area contributed by atoms with Crippen molar-refractivity contribution in [3.05, 3.63) is 29.3 Å². The minimum Gasteiger partial charge on any atom is -0.496 e. The number of nitrogens with one attached hydrogen (secondary N) is 1. The third-order valence-corrected chi connectivity index (χ3v) is 2.44. The molecule has 0 saturated carbocycles. The second kappa shape index (κ2) is 5.11. The fraction of sp³-hybridized carbons (Fsp3) is 0.455. The van der Waals surface area contributed by atoms with E-state index < -0.39 is 6.17 Å². The van der Waals surface area contributed by atoms with E-state index >= 15 is 0 Å². The van der Waals surface area contributed by atoms with Crippen molar-refractivity contribution < 1.29 is 4.74 Å². The lowest BCUT2D eigenvalue weighted by Gasteiger charge is -2.16. The summed E-state index contributed by atoms with van der Waals surface area (Å²) in [6.07, 6.45) is -0.402. The Hall–Kier alpha value is -1.10. The third kappa shape index (κ3) is 2.68. The monoisotopic (exact) mass is 209 g/mol. The molecule has 4 heteroatoms. The molecule has 4 nitrogen and oxygen atoms in total. The maximum atomic E-state index is 5.78. The largest absolute Gasteiger partial charge is 0.496 e. The first-order valence-electron chi connectivity index (χ1n) is 4.99. The predicted molar refractivity (Wildman–Crippen MR) is 61.3 cm³/mol. The van der Waals surface area contributed by atoms with Crippen LogP contribution >= 0.6 is 0 Å². The van der Waals surface area contributed by atoms with Gasteiger partial charge in [0.05, 0.1) is 13.3 Å². The van der Waals surface area contributed by atoms with Crippen LogP contribution in [0.15, 0.2) is 18.2 Å². The van der Waals surface area contributed by atoms with Crippen LogP contribution in [-0.4, -0.2) is 7.11 Å². The molecule has 1 aromatic carbocycles. The van der Waals surface area contributed by atoms with Gasteiger partial charge in [-0.1, -0.05) is 26.0 Å². The van der Waals surface area contributed by atoms with Crippen LogP contribution in [0.4, 0.5) is 0 Å². The van der Waals surface area contributed by atoms with Gasteiger partial charge < -0.3 is 10.5 Å². The Morgan fingerprint density at radius 1 is 1.33 bits per heavy atom. The Kier molecular flexibility index (Phi) is 4.08. The number of rotatable bonds is 4. The van der Waals surface area contributed by atoms with Gasteiger partial charge in [-0.15, -0.1) is 0 Å². The molecule has 0 aliphatic carbocycles. The molecule has 0 fully saturated rings. The topological polar surface area (TPSA) is 73.3 Å². The summed E-state index contributed by atoms with van der Waals surface area (Å²) in [5, 5.41) is 0. The number of benzene rings is 1. The summed E-state index contributed by atoms with van der Waals surface area (Å²) in [6, 6.07) is 5.98. The van der Waals surface area contributed by atoms with E-state index in [-0.39, 0.29) is 0 Å². The van der Waals surface area contributed by atoms with Gasteiger partial charge in [-0.05, 0) is 17.5 Å². The van der Waals surface area contributed by atoms with Crippen molar-refractivity contribution in [2.45, 2.75) is 25.9 Å². The minimum absolute atomic E-state index is 0.402. The van der Waals surface area contributed by atoms with Gasteiger partial charge in [0, 0.05) is 5.56 Å². The molecule has 84 valence electrons. The smallest absolute Gasteiger partial charge is 0.125 e. The predicted octanol–water partition coefficient (Wildman–Crippen LogP) is 1.24. The number of ether oxygens (including phenoxy) is 1. The van der Waals surface area contributed by atoms with E-state index in [9.17, 15) is 0 Å². The molecule has 0 amide bonds. The molecule has 0 bridgehead atoms. The van der Waals surface area contributed by atoms with Crippen molar-refractivity contribution in [2.75, 3.05) is 7.11 Å². The standard InChI is InChI=1S/C11H19N3O/c1-7(2)8-4-5-9(11(12)14-13)10(6-8)15-3/h4-7,11,14H,12-13H2,1-3H3. The maximum absolute atomic E-state index is 5.78. The second-order valence-corrected chi connectivity index (χ2v) is 3.80. The third-order valence-electron chi connectivity index (χ3n) is 2.44. The molecule has 0 aliphatic heterocycles. The lowest BCUT2D eigenvalue weighted by Crippen LogP contribution is -2.34. The van der Waals surface area contributed by atoms with Gasteiger partial charge in [0.25, 0.3) is 0 Å². The zero-order chi connectivity index (χ0) is 11.4. The van der Waals surface area contributed by atoms with Crippen LogP contribution in [-0.2, 0) is 0 Å². The average Bonchev–Trinajstić information content (AvgIpc) is 2.27. The number of methoxy groups -OCH3 is 1. The van der Waals surface area contributed by atoms with Crippen molar-refractivity contribution in [1.29, 1.82) is 0 Å². The molecule has 0 aliphatic rings. The van der Waals surface area contributed by atoms with E-state index in [4.69, 9.17) is 16.3 Å². The summed E-state index contributed by atoms with van der Waals surface area (Å²) < 4.78 is 5.28. The SMILES string of the molecule is COc1cc(C(C)C)ccc1C(N)NN. The van der Waals surface area contributed by atoms with Gasteiger partial charge in [-0.25, -0.2) is 5.43 Å². The van der Waals surface area contributed by atoms with Crippen molar-refractivity contribution in [1.82, 2.24) is 5.43 Å². The van der Waals surface area contributed by atoms with Crippen LogP contribution in [0.2, 0.25) is 0 Å². The summed E-state index contributed by atoms with van der Waals surface area (Å²) in [7, 11) is 1.63. The van der Waals surface area contributed by atoms with Crippen LogP contribution in [0.1, 0.15) is 37.1 Å². The fourth-order valence-electron chi connectivity index (χ4n) is 1.43. The van der Waals surface area contributed by atoms with E-state index in [0.717, 1.165) is 11.3 Å². The zero-order valence-electron chi connectivity index (χ0n) is 9.45. The normalized spacial score (nSPS) is 12.9. The molecule has 0 spiro atoms. The summed E-state index contributed by atoms with van der Waals surface area (Å²) in [6.45, 7) is 4.27. The molecular weight excluding hydrogens is 190 g/mol. The summed E-state index contributed by atoms with van der Waals surface area (Å²) in [4.78, 5) is 0. The summed E-state index contributed by atoms with van der Waals surface area (Å²) in [5.74, 6) is 6.53. The molecule has 0 aromatic heterocycles. The van der Waals surface area contributed by atoms with Crippen LogP contribution < -0.4 is 21.7 Å². The quantitative estimate of drug-likeness (QED) is 0.396. The van der Waals surface area contributed by atoms with E-state index in [1.54, 1.807) is 7.11 Å². The van der Waals surface area contributed by atoms with Crippen LogP contribution in [0.5, 0.6) is 5.75 Å². The zero-order valence-corrected chi connectivity index (χ0v) is 9.45. The highest BCUT2D eigenvalue weighted by molar-refractivity contribution is 5.40. The van der Waals surface area contributed by atoms with Gasteiger partial charge in [0.15, 0.2) is 0 Å². The molecule has 15 heavy (non-hydrogen) atoms. The average molecular weight is 209 g/mol. The van der Waals surface area contributed by atoms with Crippen molar-refractivity contribution in [3.8, 4) is 5.75 Å². The van der Waals surface area contributed by atoms with Crippen molar-refractivity contribution >= 4 is 0 Å². The van der Waals surface area contributed by atoms with Crippen molar-refractivity contribution in [3.63, 3.8) is 0 Å². The van der Waals surface area contributed by atoms with E-state index in [2.05, 4.69) is 19.3 Å². The highest BCUT2D eigenvalue weighted by Gasteiger charge is 2.11. The fourth-order valence-corrected chi connectivity index (χ4v) is 1.43. The van der Waals surface area contributed by atoms with Crippen molar-refractivity contribution in [2.24, 2.45) is 11.6 Å². The lowest BCUT2D eigenvalue weighted by atomic mass is 10.00. The molecule has 0 heterocycles. The lowest BCUT2D eigenvalue weighted by molar-refractivity contribution is 0.400. The number of hydrogen-bond acceptors (Lipinski definition) is 4. The molecule has 1 atom stereocenters. The minimum atomic E-state index is -0.402. The molecule has 0 radical (unpaired) electrons. The Labute approximate surface area is 90.6 Å². The second-order valence-electron chi connectivity index (χ2n) is 3.80. The van der Waals surface area contributed by atoms with E-state index in [1.165, 1.54) is 5.56 Å². The molecule has 1 aromatic rings. The first-order chi connectivity index (χ1) is 7.10. The molecule has 1 rings (SSSR count). The Bertz CT molecular complexity index is 326. The maximum Gasteiger partial charge on any atom is 0.125 e. The Morgan fingerprint density at radius 2 is 2.00 bits per heavy atom. The van der Waals surface area contributed by atoms with Gasteiger partial charge in [0.1, 0.15) is 5.75 Å². The highest BCUT2D eigenvalue weighted by Crippen LogP contribution is 2.26. The molecule has 1 unspecified atom stereocenters. The first-order valence-corrected chi connectivity index (χ1v) is 4.99. The molecule has 0 saturated heterocycles. The Balaban J connectivity index is 3.09. The van der Waals surface area contributed by atoms with Gasteiger partial charge >= 0.3 is 0 Å². The van der Waals surface area contributed by atoms with Crippen LogP contribution in [0.3, 0.4) is 0 Å². The van der Waals surface area contributed by atoms with Crippen LogP contribution in [0, 0.1) is 0 Å². The molecule has 5 N–H and O–H groups in total. The summed E-state index contributed by atoms with van der Waals surface area (Å²) >= 11 is 0. The first kappa shape index (κ1) is 12.0. The summed E-state index contributed by atoms with van der Waals surface area (Å²) in [5.41, 5.74) is 10.4. The number of nitrogens with two attached hydrogens (primary N) is 2.